The number of halogens is 1. The second-order valence-corrected chi connectivity index (χ2v) is 12.2. The van der Waals surface area contributed by atoms with Gasteiger partial charge < -0.3 is 9.47 Å². The molecule has 1 heterocycles. The summed E-state index contributed by atoms with van der Waals surface area (Å²) >= 11 is 6.12. The molecule has 1 atom stereocenters. The van der Waals surface area contributed by atoms with E-state index in [0.717, 1.165) is 0 Å². The highest BCUT2D eigenvalue weighted by molar-refractivity contribution is 7.89. The van der Waals surface area contributed by atoms with Crippen molar-refractivity contribution in [3.63, 3.8) is 0 Å². The molecule has 2 amide bonds. The van der Waals surface area contributed by atoms with Gasteiger partial charge in [0.2, 0.25) is 5.91 Å². The quantitative estimate of drug-likeness (QED) is 0.551. The van der Waals surface area contributed by atoms with Crippen molar-refractivity contribution in [1.29, 1.82) is 0 Å². The third kappa shape index (κ3) is 7.01. The van der Waals surface area contributed by atoms with E-state index in [0.29, 0.717) is 26.2 Å². The third-order valence-electron chi connectivity index (χ3n) is 5.83. The molecule has 3 rings (SSSR count). The topological polar surface area (TPSA) is 119 Å². The number of sulfonamides is 1. The Hall–Kier alpha value is -3.11. The first kappa shape index (κ1) is 28.5. The molecule has 2 aromatic rings. The Morgan fingerprint density at radius 3 is 2.51 bits per heavy atom. The molecule has 0 saturated carbocycles. The SMILES string of the molecule is COc1ccc(Cl)cc1CC1CCC(=O)CN(S(=O)(=O)c2ccc(C)c(NC(=O)OC(C)(C)C)c2)C1=O. The molecule has 2 aromatic carbocycles. The van der Waals surface area contributed by atoms with E-state index in [1.165, 1.54) is 25.3 Å². The van der Waals surface area contributed by atoms with Gasteiger partial charge in [0.25, 0.3) is 10.0 Å². The van der Waals surface area contributed by atoms with Gasteiger partial charge in [-0.2, -0.15) is 0 Å². The summed E-state index contributed by atoms with van der Waals surface area (Å²) in [7, 11) is -2.92. The first-order chi connectivity index (χ1) is 17.2. The number of aryl methyl sites for hydroxylation is 1. The summed E-state index contributed by atoms with van der Waals surface area (Å²) < 4.78 is 38.5. The number of anilines is 1. The Morgan fingerprint density at radius 1 is 1.16 bits per heavy atom. The first-order valence-electron chi connectivity index (χ1n) is 11.7. The molecule has 0 spiro atoms. The van der Waals surface area contributed by atoms with Gasteiger partial charge in [0.15, 0.2) is 5.78 Å². The lowest BCUT2D eigenvalue weighted by atomic mass is 9.93. The summed E-state index contributed by atoms with van der Waals surface area (Å²) in [5, 5.41) is 3.00. The van der Waals surface area contributed by atoms with Crippen LogP contribution in [0.4, 0.5) is 10.5 Å². The number of nitrogens with one attached hydrogen (secondary N) is 1. The minimum absolute atomic E-state index is 0.0602. The number of carbonyl (C=O) groups is 3. The second-order valence-electron chi connectivity index (χ2n) is 9.89. The Bertz CT molecular complexity index is 1320. The largest absolute Gasteiger partial charge is 0.496 e. The molecule has 1 fully saturated rings. The number of methoxy groups -OCH3 is 1. The zero-order valence-corrected chi connectivity index (χ0v) is 23.0. The fraction of sp³-hybridized carbons (Fsp3) is 0.423. The minimum Gasteiger partial charge on any atom is -0.496 e. The molecule has 1 unspecified atom stereocenters. The number of Topliss-reactive ketones (excluding diaryl/α,β-unsaturated/α-hetero) is 1. The fourth-order valence-electron chi connectivity index (χ4n) is 3.98. The van der Waals surface area contributed by atoms with E-state index < -0.39 is 40.1 Å². The van der Waals surface area contributed by atoms with Crippen LogP contribution in [-0.4, -0.2) is 49.8 Å². The molecule has 1 N–H and O–H groups in total. The average molecular weight is 551 g/mol. The smallest absolute Gasteiger partial charge is 0.412 e. The van der Waals surface area contributed by atoms with Crippen LogP contribution in [0.3, 0.4) is 0 Å². The zero-order chi connectivity index (χ0) is 27.5. The summed E-state index contributed by atoms with van der Waals surface area (Å²) in [6.45, 7) is 6.25. The highest BCUT2D eigenvalue weighted by Gasteiger charge is 2.38. The molecule has 0 aromatic heterocycles. The highest BCUT2D eigenvalue weighted by Crippen LogP contribution is 2.31. The predicted molar refractivity (Wildman–Crippen MR) is 139 cm³/mol. The van der Waals surface area contributed by atoms with Crippen LogP contribution in [0.1, 0.15) is 44.7 Å². The Labute approximate surface area is 222 Å². The van der Waals surface area contributed by atoms with Crippen molar-refractivity contribution in [2.75, 3.05) is 19.0 Å². The van der Waals surface area contributed by atoms with E-state index in [1.807, 2.05) is 0 Å². The van der Waals surface area contributed by atoms with Crippen molar-refractivity contribution in [2.45, 2.75) is 57.5 Å². The minimum atomic E-state index is -4.41. The average Bonchev–Trinajstić information content (AvgIpc) is 2.93. The normalized spacial score (nSPS) is 16.8. The van der Waals surface area contributed by atoms with Crippen LogP contribution in [0.5, 0.6) is 5.75 Å². The maximum atomic E-state index is 13.6. The molecule has 0 bridgehead atoms. The van der Waals surface area contributed by atoms with Crippen molar-refractivity contribution in [1.82, 2.24) is 4.31 Å². The van der Waals surface area contributed by atoms with Crippen LogP contribution in [0.25, 0.3) is 0 Å². The molecule has 0 radical (unpaired) electrons. The Morgan fingerprint density at radius 2 is 1.86 bits per heavy atom. The summed E-state index contributed by atoms with van der Waals surface area (Å²) in [5.41, 5.74) is 0.693. The molecule has 1 aliphatic rings. The lowest BCUT2D eigenvalue weighted by molar-refractivity contribution is -0.131. The number of ketones is 1. The van der Waals surface area contributed by atoms with Crippen LogP contribution in [0.15, 0.2) is 41.3 Å². The Kier molecular flexibility index (Phi) is 8.54. The van der Waals surface area contributed by atoms with E-state index >= 15 is 0 Å². The van der Waals surface area contributed by atoms with Crippen molar-refractivity contribution in [2.24, 2.45) is 5.92 Å². The number of rotatable bonds is 6. The van der Waals surface area contributed by atoms with Gasteiger partial charge in [-0.3, -0.25) is 14.9 Å². The number of ether oxygens (including phenoxy) is 2. The molecule has 9 nitrogen and oxygen atoms in total. The predicted octanol–water partition coefficient (Wildman–Crippen LogP) is 4.74. The van der Waals surface area contributed by atoms with Gasteiger partial charge in [-0.15, -0.1) is 0 Å². The van der Waals surface area contributed by atoms with Gasteiger partial charge in [-0.05, 0) is 82.0 Å². The number of amides is 2. The molecule has 1 saturated heterocycles. The lowest BCUT2D eigenvalue weighted by Gasteiger charge is -2.24. The second kappa shape index (κ2) is 11.1. The van der Waals surface area contributed by atoms with E-state index in [1.54, 1.807) is 45.9 Å². The van der Waals surface area contributed by atoms with Gasteiger partial charge in [-0.25, -0.2) is 17.5 Å². The van der Waals surface area contributed by atoms with E-state index in [-0.39, 0.29) is 35.6 Å². The monoisotopic (exact) mass is 550 g/mol. The third-order valence-corrected chi connectivity index (χ3v) is 7.80. The van der Waals surface area contributed by atoms with Crippen LogP contribution in [0, 0.1) is 12.8 Å². The molecule has 0 aliphatic carbocycles. The molecule has 11 heteroatoms. The van der Waals surface area contributed by atoms with Crippen LogP contribution < -0.4 is 10.1 Å². The van der Waals surface area contributed by atoms with Crippen molar-refractivity contribution >= 4 is 45.1 Å². The van der Waals surface area contributed by atoms with Gasteiger partial charge in [0, 0.05) is 23.0 Å². The van der Waals surface area contributed by atoms with E-state index in [4.69, 9.17) is 21.1 Å². The van der Waals surface area contributed by atoms with Crippen LogP contribution in [-0.2, 0) is 30.8 Å². The van der Waals surface area contributed by atoms with Gasteiger partial charge in [0.05, 0.1) is 18.6 Å². The summed E-state index contributed by atoms with van der Waals surface area (Å²) in [6.07, 6.45) is -0.341. The molecule has 37 heavy (non-hydrogen) atoms. The molecule has 1 aliphatic heterocycles. The number of benzene rings is 2. The fourth-order valence-corrected chi connectivity index (χ4v) is 5.64. The number of carbonyl (C=O) groups excluding carboxylic acids is 3. The maximum absolute atomic E-state index is 13.6. The van der Waals surface area contributed by atoms with E-state index in [9.17, 15) is 22.8 Å². The van der Waals surface area contributed by atoms with Crippen LogP contribution in [0.2, 0.25) is 5.02 Å². The van der Waals surface area contributed by atoms with Gasteiger partial charge >= 0.3 is 6.09 Å². The zero-order valence-electron chi connectivity index (χ0n) is 21.5. The number of hydrogen-bond acceptors (Lipinski definition) is 7. The lowest BCUT2D eigenvalue weighted by Crippen LogP contribution is -2.42. The van der Waals surface area contributed by atoms with Crippen molar-refractivity contribution < 1.29 is 32.3 Å². The molecular weight excluding hydrogens is 520 g/mol. The molecular formula is C26H31ClN2O7S. The number of hydrogen-bond donors (Lipinski definition) is 1. The maximum Gasteiger partial charge on any atom is 0.412 e. The van der Waals surface area contributed by atoms with E-state index in [2.05, 4.69) is 5.32 Å². The molecule has 200 valence electrons. The van der Waals surface area contributed by atoms with Gasteiger partial charge in [0.1, 0.15) is 11.4 Å². The Balaban J connectivity index is 1.93. The summed E-state index contributed by atoms with van der Waals surface area (Å²) in [4.78, 5) is 38.1. The number of nitrogens with zero attached hydrogens (tertiary/aromatic N) is 1. The van der Waals surface area contributed by atoms with Crippen LogP contribution >= 0.6 is 11.6 Å². The summed E-state index contributed by atoms with van der Waals surface area (Å²) in [6, 6.07) is 9.09. The summed E-state index contributed by atoms with van der Waals surface area (Å²) in [5.74, 6) is -1.32. The first-order valence-corrected chi connectivity index (χ1v) is 13.5. The van der Waals surface area contributed by atoms with Crippen molar-refractivity contribution in [3.05, 3.63) is 52.5 Å². The van der Waals surface area contributed by atoms with Gasteiger partial charge in [-0.1, -0.05) is 17.7 Å². The van der Waals surface area contributed by atoms with Crippen molar-refractivity contribution in [3.8, 4) is 5.75 Å². The standard InChI is InChI=1S/C26H31ClN2O7S/c1-16-6-10-21(14-22(16)28-25(32)36-26(2,3)4)37(33,34)29-15-20(30)9-7-17(24(29)31)12-18-13-19(27)8-11-23(18)35-5/h6,8,10-11,13-14,17H,7,9,12,15H2,1-5H3,(H,28,32). The highest BCUT2D eigenvalue weighted by atomic mass is 35.5.